The number of hydrogen-bond donors (Lipinski definition) is 1. The number of rotatable bonds is 6. The second kappa shape index (κ2) is 7.06. The topological polar surface area (TPSA) is 47.6 Å². The van der Waals surface area contributed by atoms with E-state index < -0.39 is 0 Å². The highest BCUT2D eigenvalue weighted by molar-refractivity contribution is 5.74. The Kier molecular flexibility index (Phi) is 6.70. The number of amides is 1. The summed E-state index contributed by atoms with van der Waals surface area (Å²) < 4.78 is 5.03. The molecule has 1 unspecified atom stereocenters. The van der Waals surface area contributed by atoms with Crippen LogP contribution in [0.2, 0.25) is 0 Å². The summed E-state index contributed by atoms with van der Waals surface area (Å²) in [6, 6.07) is 0. The SMILES string of the molecule is CONC(=O)CCCC(C)OC. The zero-order valence-electron chi connectivity index (χ0n) is 7.92. The number of methoxy groups -OCH3 is 1. The Labute approximate surface area is 73.2 Å². The third kappa shape index (κ3) is 6.12. The van der Waals surface area contributed by atoms with Gasteiger partial charge in [0.2, 0.25) is 5.91 Å². The fourth-order valence-electron chi connectivity index (χ4n) is 0.833. The van der Waals surface area contributed by atoms with Gasteiger partial charge in [0.15, 0.2) is 0 Å². The molecule has 1 amide bonds. The van der Waals surface area contributed by atoms with Crippen LogP contribution in [0.4, 0.5) is 0 Å². The molecule has 72 valence electrons. The first-order chi connectivity index (χ1) is 5.70. The molecule has 0 aromatic carbocycles. The van der Waals surface area contributed by atoms with Gasteiger partial charge in [0, 0.05) is 13.5 Å². The van der Waals surface area contributed by atoms with Crippen molar-refractivity contribution in [3.05, 3.63) is 0 Å². The van der Waals surface area contributed by atoms with E-state index in [1.54, 1.807) is 7.11 Å². The molecular weight excluding hydrogens is 158 g/mol. The Morgan fingerprint density at radius 3 is 2.67 bits per heavy atom. The van der Waals surface area contributed by atoms with Crippen LogP contribution in [0.3, 0.4) is 0 Å². The summed E-state index contributed by atoms with van der Waals surface area (Å²) >= 11 is 0. The predicted octanol–water partition coefficient (Wildman–Crippen LogP) is 0.869. The molecule has 4 heteroatoms. The maximum atomic E-state index is 10.8. The van der Waals surface area contributed by atoms with E-state index in [-0.39, 0.29) is 12.0 Å². The Hall–Kier alpha value is -0.610. The van der Waals surface area contributed by atoms with Crippen LogP contribution >= 0.6 is 0 Å². The highest BCUT2D eigenvalue weighted by Crippen LogP contribution is 2.02. The van der Waals surface area contributed by atoms with Crippen LogP contribution in [0.25, 0.3) is 0 Å². The minimum Gasteiger partial charge on any atom is -0.382 e. The monoisotopic (exact) mass is 175 g/mol. The second-order valence-corrected chi connectivity index (χ2v) is 2.67. The average Bonchev–Trinajstić information content (AvgIpc) is 2.04. The molecule has 0 saturated heterocycles. The molecule has 0 aliphatic carbocycles. The summed E-state index contributed by atoms with van der Waals surface area (Å²) in [6.07, 6.45) is 2.43. The van der Waals surface area contributed by atoms with Crippen LogP contribution < -0.4 is 5.48 Å². The molecule has 0 radical (unpaired) electrons. The third-order valence-electron chi connectivity index (χ3n) is 1.63. The molecule has 0 heterocycles. The zero-order valence-corrected chi connectivity index (χ0v) is 7.92. The van der Waals surface area contributed by atoms with E-state index in [0.29, 0.717) is 6.42 Å². The summed E-state index contributed by atoms with van der Waals surface area (Å²) in [4.78, 5) is 15.3. The van der Waals surface area contributed by atoms with Crippen LogP contribution in [0.5, 0.6) is 0 Å². The standard InChI is InChI=1S/C8H17NO3/c1-7(11-2)5-4-6-8(10)9-12-3/h7H,4-6H2,1-3H3,(H,9,10). The van der Waals surface area contributed by atoms with Crippen molar-refractivity contribution in [1.29, 1.82) is 0 Å². The molecule has 0 aliphatic heterocycles. The van der Waals surface area contributed by atoms with E-state index >= 15 is 0 Å². The zero-order chi connectivity index (χ0) is 9.40. The van der Waals surface area contributed by atoms with Gasteiger partial charge in [-0.25, -0.2) is 5.48 Å². The first-order valence-corrected chi connectivity index (χ1v) is 4.05. The maximum Gasteiger partial charge on any atom is 0.243 e. The maximum absolute atomic E-state index is 10.8. The molecular formula is C8H17NO3. The summed E-state index contributed by atoms with van der Waals surface area (Å²) in [7, 11) is 3.09. The van der Waals surface area contributed by atoms with Gasteiger partial charge in [0.1, 0.15) is 0 Å². The van der Waals surface area contributed by atoms with Crippen molar-refractivity contribution in [2.24, 2.45) is 0 Å². The van der Waals surface area contributed by atoms with Gasteiger partial charge < -0.3 is 4.74 Å². The van der Waals surface area contributed by atoms with E-state index in [4.69, 9.17) is 4.74 Å². The van der Waals surface area contributed by atoms with E-state index in [2.05, 4.69) is 10.3 Å². The van der Waals surface area contributed by atoms with Crippen molar-refractivity contribution in [1.82, 2.24) is 5.48 Å². The highest BCUT2D eigenvalue weighted by atomic mass is 16.6. The fourth-order valence-corrected chi connectivity index (χ4v) is 0.833. The summed E-state index contributed by atoms with van der Waals surface area (Å²) in [5.41, 5.74) is 2.26. The third-order valence-corrected chi connectivity index (χ3v) is 1.63. The Bertz CT molecular complexity index is 127. The van der Waals surface area contributed by atoms with Gasteiger partial charge >= 0.3 is 0 Å². The second-order valence-electron chi connectivity index (χ2n) is 2.67. The lowest BCUT2D eigenvalue weighted by Crippen LogP contribution is -2.21. The summed E-state index contributed by atoms with van der Waals surface area (Å²) in [5, 5.41) is 0. The quantitative estimate of drug-likeness (QED) is 0.609. The van der Waals surface area contributed by atoms with E-state index in [1.165, 1.54) is 7.11 Å². The molecule has 0 bridgehead atoms. The summed E-state index contributed by atoms with van der Waals surface area (Å²) in [6.45, 7) is 1.98. The van der Waals surface area contributed by atoms with Crippen molar-refractivity contribution in [2.75, 3.05) is 14.2 Å². The van der Waals surface area contributed by atoms with Gasteiger partial charge in [0.05, 0.1) is 13.2 Å². The minimum absolute atomic E-state index is 0.0826. The Balaban J connectivity index is 3.24. The lowest BCUT2D eigenvalue weighted by molar-refractivity contribution is -0.131. The van der Waals surface area contributed by atoms with Gasteiger partial charge in [-0.05, 0) is 19.8 Å². The van der Waals surface area contributed by atoms with Crippen molar-refractivity contribution in [3.63, 3.8) is 0 Å². The number of carbonyl (C=O) groups is 1. The Morgan fingerprint density at radius 1 is 1.50 bits per heavy atom. The normalized spacial score (nSPS) is 12.6. The molecule has 1 N–H and O–H groups in total. The lowest BCUT2D eigenvalue weighted by Gasteiger charge is -2.07. The number of hydrogen-bond acceptors (Lipinski definition) is 3. The van der Waals surface area contributed by atoms with Gasteiger partial charge in [-0.3, -0.25) is 9.63 Å². The van der Waals surface area contributed by atoms with Gasteiger partial charge in [-0.15, -0.1) is 0 Å². The van der Waals surface area contributed by atoms with Crippen molar-refractivity contribution in [3.8, 4) is 0 Å². The molecule has 0 rings (SSSR count). The first-order valence-electron chi connectivity index (χ1n) is 4.05. The molecule has 1 atom stereocenters. The van der Waals surface area contributed by atoms with Gasteiger partial charge in [0.25, 0.3) is 0 Å². The smallest absolute Gasteiger partial charge is 0.243 e. The Morgan fingerprint density at radius 2 is 2.17 bits per heavy atom. The number of hydroxylamine groups is 1. The molecule has 12 heavy (non-hydrogen) atoms. The molecule has 0 aromatic heterocycles. The van der Waals surface area contributed by atoms with Crippen LogP contribution in [-0.4, -0.2) is 26.2 Å². The van der Waals surface area contributed by atoms with Crippen LogP contribution in [0.1, 0.15) is 26.2 Å². The lowest BCUT2D eigenvalue weighted by atomic mass is 10.2. The predicted molar refractivity (Wildman–Crippen MR) is 45.5 cm³/mol. The molecule has 0 aliphatic rings. The molecule has 0 saturated carbocycles. The van der Waals surface area contributed by atoms with Crippen molar-refractivity contribution in [2.45, 2.75) is 32.3 Å². The van der Waals surface area contributed by atoms with Crippen molar-refractivity contribution >= 4 is 5.91 Å². The fraction of sp³-hybridized carbons (Fsp3) is 0.875. The van der Waals surface area contributed by atoms with Crippen LogP contribution in [0.15, 0.2) is 0 Å². The van der Waals surface area contributed by atoms with Crippen LogP contribution in [-0.2, 0) is 14.4 Å². The van der Waals surface area contributed by atoms with Gasteiger partial charge in [-0.2, -0.15) is 0 Å². The minimum atomic E-state index is -0.0826. The molecule has 0 fully saturated rings. The number of nitrogens with one attached hydrogen (secondary N) is 1. The largest absolute Gasteiger partial charge is 0.382 e. The molecule has 4 nitrogen and oxygen atoms in total. The van der Waals surface area contributed by atoms with Crippen molar-refractivity contribution < 1.29 is 14.4 Å². The number of ether oxygens (including phenoxy) is 1. The summed E-state index contributed by atoms with van der Waals surface area (Å²) in [5.74, 6) is -0.0826. The van der Waals surface area contributed by atoms with E-state index in [1.807, 2.05) is 6.92 Å². The van der Waals surface area contributed by atoms with Gasteiger partial charge in [-0.1, -0.05) is 0 Å². The van der Waals surface area contributed by atoms with E-state index in [0.717, 1.165) is 12.8 Å². The molecule has 0 spiro atoms. The number of carbonyl (C=O) groups excluding carboxylic acids is 1. The van der Waals surface area contributed by atoms with Crippen LogP contribution in [0, 0.1) is 0 Å². The molecule has 0 aromatic rings. The first kappa shape index (κ1) is 11.4. The highest BCUT2D eigenvalue weighted by Gasteiger charge is 2.02. The van der Waals surface area contributed by atoms with E-state index in [9.17, 15) is 4.79 Å². The average molecular weight is 175 g/mol.